The second-order valence-corrected chi connectivity index (χ2v) is 9.34. The average Bonchev–Trinajstić information content (AvgIpc) is 2.92. The van der Waals surface area contributed by atoms with Crippen LogP contribution in [0.1, 0.15) is 48.4 Å². The first-order valence-corrected chi connectivity index (χ1v) is 11.0. The maximum Gasteiger partial charge on any atom is 0.242 e. The molecule has 30 heavy (non-hydrogen) atoms. The lowest BCUT2D eigenvalue weighted by atomic mass is 10.0. The van der Waals surface area contributed by atoms with E-state index in [1.54, 1.807) is 11.9 Å². The Labute approximate surface area is 183 Å². The molecule has 1 saturated heterocycles. The van der Waals surface area contributed by atoms with Crippen molar-refractivity contribution in [2.45, 2.75) is 52.2 Å². The summed E-state index contributed by atoms with van der Waals surface area (Å²) in [5.74, 6) is 0.179. The summed E-state index contributed by atoms with van der Waals surface area (Å²) in [6, 6.07) is 12.0. The van der Waals surface area contributed by atoms with Gasteiger partial charge < -0.3 is 5.32 Å². The summed E-state index contributed by atoms with van der Waals surface area (Å²) in [5.41, 5.74) is 6.19. The summed E-state index contributed by atoms with van der Waals surface area (Å²) >= 11 is 1.35. The fraction of sp³-hybridized carbons (Fsp3) is 0.375. The minimum atomic E-state index is -0.463. The Bertz CT molecular complexity index is 973. The number of carbonyl (C=O) groups is 2. The van der Waals surface area contributed by atoms with Gasteiger partial charge in [0.1, 0.15) is 5.25 Å². The number of nitrogens with one attached hydrogen (secondary N) is 1. The van der Waals surface area contributed by atoms with Crippen molar-refractivity contribution in [1.29, 1.82) is 0 Å². The highest BCUT2D eigenvalue weighted by atomic mass is 32.2. The van der Waals surface area contributed by atoms with E-state index in [1.165, 1.54) is 22.9 Å². The molecule has 0 aromatic heterocycles. The first-order valence-electron chi connectivity index (χ1n) is 10.2. The largest absolute Gasteiger partial charge is 0.326 e. The highest BCUT2D eigenvalue weighted by Crippen LogP contribution is 2.33. The summed E-state index contributed by atoms with van der Waals surface area (Å²) in [7, 11) is 1.72. The van der Waals surface area contributed by atoms with Crippen molar-refractivity contribution in [2.24, 2.45) is 4.99 Å². The lowest BCUT2D eigenvalue weighted by Crippen LogP contribution is -2.30. The van der Waals surface area contributed by atoms with Crippen LogP contribution in [0.25, 0.3) is 0 Å². The highest BCUT2D eigenvalue weighted by molar-refractivity contribution is 8.15. The van der Waals surface area contributed by atoms with Crippen LogP contribution >= 0.6 is 11.8 Å². The molecule has 1 N–H and O–H groups in total. The van der Waals surface area contributed by atoms with Crippen LogP contribution in [0.5, 0.6) is 0 Å². The van der Waals surface area contributed by atoms with Crippen molar-refractivity contribution in [3.8, 4) is 0 Å². The standard InChI is InChI=1S/C24H29N3O2S/c1-14(2)18-7-9-19(10-8-18)25-21(28)13-20-23(29)27(6)24(30-20)26-22-16(4)11-15(3)12-17(22)5/h7-12,14,20H,13H2,1-6H3,(H,25,28)/t20-/m0/s1. The number of thioether (sulfide) groups is 1. The monoisotopic (exact) mass is 423 g/mol. The molecule has 0 aliphatic carbocycles. The molecule has 0 spiro atoms. The van der Waals surface area contributed by atoms with Gasteiger partial charge in [0.15, 0.2) is 5.17 Å². The van der Waals surface area contributed by atoms with Crippen molar-refractivity contribution in [3.63, 3.8) is 0 Å². The Morgan fingerprint density at radius 2 is 1.73 bits per heavy atom. The minimum absolute atomic E-state index is 0.0912. The number of benzene rings is 2. The number of aliphatic imine (C=N–C) groups is 1. The van der Waals surface area contributed by atoms with Gasteiger partial charge >= 0.3 is 0 Å². The summed E-state index contributed by atoms with van der Waals surface area (Å²) in [4.78, 5) is 31.5. The molecule has 0 saturated carbocycles. The van der Waals surface area contributed by atoms with Crippen molar-refractivity contribution < 1.29 is 9.59 Å². The Morgan fingerprint density at radius 1 is 1.13 bits per heavy atom. The number of carbonyl (C=O) groups excluding carboxylic acids is 2. The van der Waals surface area contributed by atoms with Gasteiger partial charge in [0, 0.05) is 19.2 Å². The van der Waals surface area contributed by atoms with Gasteiger partial charge in [-0.2, -0.15) is 0 Å². The van der Waals surface area contributed by atoms with Gasteiger partial charge in [-0.3, -0.25) is 14.5 Å². The first kappa shape index (κ1) is 22.1. The summed E-state index contributed by atoms with van der Waals surface area (Å²) < 4.78 is 0. The number of hydrogen-bond acceptors (Lipinski definition) is 4. The van der Waals surface area contributed by atoms with Gasteiger partial charge in [-0.25, -0.2) is 4.99 Å². The zero-order valence-corrected chi connectivity index (χ0v) is 19.3. The zero-order chi connectivity index (χ0) is 22.0. The van der Waals surface area contributed by atoms with Crippen molar-refractivity contribution in [3.05, 3.63) is 58.7 Å². The molecule has 0 unspecified atom stereocenters. The lowest BCUT2D eigenvalue weighted by Gasteiger charge is -2.11. The molecule has 6 heteroatoms. The number of amidine groups is 1. The van der Waals surface area contributed by atoms with E-state index in [0.29, 0.717) is 11.1 Å². The van der Waals surface area contributed by atoms with Gasteiger partial charge in [-0.1, -0.05) is 55.4 Å². The van der Waals surface area contributed by atoms with Crippen LogP contribution in [0.4, 0.5) is 11.4 Å². The molecule has 1 heterocycles. The number of anilines is 1. The molecule has 1 fully saturated rings. The van der Waals surface area contributed by atoms with Crippen LogP contribution in [0.2, 0.25) is 0 Å². The Morgan fingerprint density at radius 3 is 2.30 bits per heavy atom. The van der Waals surface area contributed by atoms with E-state index in [1.807, 2.05) is 38.1 Å². The van der Waals surface area contributed by atoms with E-state index in [0.717, 1.165) is 22.5 Å². The second-order valence-electron chi connectivity index (χ2n) is 8.17. The SMILES string of the molecule is Cc1cc(C)c(N=C2S[C@@H](CC(=O)Nc3ccc(C(C)C)cc3)C(=O)N2C)c(C)c1. The molecule has 2 aromatic rings. The first-order chi connectivity index (χ1) is 14.2. The van der Waals surface area contributed by atoms with Gasteiger partial charge in [-0.05, 0) is 55.5 Å². The Balaban J connectivity index is 1.69. The van der Waals surface area contributed by atoms with Crippen LogP contribution in [0.15, 0.2) is 41.4 Å². The molecule has 1 aliphatic heterocycles. The maximum atomic E-state index is 12.7. The fourth-order valence-corrected chi connectivity index (χ4v) is 4.71. The van der Waals surface area contributed by atoms with Gasteiger partial charge in [0.25, 0.3) is 0 Å². The highest BCUT2D eigenvalue weighted by Gasteiger charge is 2.37. The average molecular weight is 424 g/mol. The van der Waals surface area contributed by atoms with Gasteiger partial charge in [-0.15, -0.1) is 0 Å². The summed E-state index contributed by atoms with van der Waals surface area (Å²) in [6.45, 7) is 10.4. The molecule has 158 valence electrons. The van der Waals surface area contributed by atoms with Crippen LogP contribution < -0.4 is 5.32 Å². The van der Waals surface area contributed by atoms with Crippen LogP contribution in [0, 0.1) is 20.8 Å². The molecule has 0 radical (unpaired) electrons. The van der Waals surface area contributed by atoms with Gasteiger partial charge in [0.2, 0.25) is 11.8 Å². The van der Waals surface area contributed by atoms with E-state index >= 15 is 0 Å². The van der Waals surface area contributed by atoms with E-state index in [-0.39, 0.29) is 18.2 Å². The van der Waals surface area contributed by atoms with Crippen LogP contribution in [0.3, 0.4) is 0 Å². The van der Waals surface area contributed by atoms with Crippen LogP contribution in [-0.2, 0) is 9.59 Å². The van der Waals surface area contributed by atoms with E-state index in [2.05, 4.69) is 38.2 Å². The zero-order valence-electron chi connectivity index (χ0n) is 18.4. The van der Waals surface area contributed by atoms with Crippen molar-refractivity contribution >= 4 is 40.1 Å². The van der Waals surface area contributed by atoms with E-state index in [9.17, 15) is 9.59 Å². The maximum absolute atomic E-state index is 12.7. The van der Waals surface area contributed by atoms with Crippen molar-refractivity contribution in [2.75, 3.05) is 12.4 Å². The van der Waals surface area contributed by atoms with E-state index < -0.39 is 5.25 Å². The molecule has 1 aliphatic rings. The van der Waals surface area contributed by atoms with Crippen LogP contribution in [-0.4, -0.2) is 34.2 Å². The Kier molecular flexibility index (Phi) is 6.66. The molecule has 2 aromatic carbocycles. The quantitative estimate of drug-likeness (QED) is 0.707. The molecular weight excluding hydrogens is 394 g/mol. The second kappa shape index (κ2) is 9.04. The summed E-state index contributed by atoms with van der Waals surface area (Å²) in [5, 5.41) is 3.07. The third-order valence-electron chi connectivity index (χ3n) is 5.22. The third-order valence-corrected chi connectivity index (χ3v) is 6.44. The topological polar surface area (TPSA) is 61.8 Å². The predicted molar refractivity (Wildman–Crippen MR) is 126 cm³/mol. The molecule has 1 atom stereocenters. The number of amides is 2. The minimum Gasteiger partial charge on any atom is -0.326 e. The van der Waals surface area contributed by atoms with Gasteiger partial charge in [0.05, 0.1) is 5.69 Å². The molecular formula is C24H29N3O2S. The predicted octanol–water partition coefficient (Wildman–Crippen LogP) is 5.33. The molecule has 0 bridgehead atoms. The smallest absolute Gasteiger partial charge is 0.242 e. The number of hydrogen-bond donors (Lipinski definition) is 1. The lowest BCUT2D eigenvalue weighted by molar-refractivity contribution is -0.127. The summed E-state index contributed by atoms with van der Waals surface area (Å²) in [6.07, 6.45) is 0.116. The number of rotatable bonds is 5. The van der Waals surface area contributed by atoms with E-state index in [4.69, 9.17) is 4.99 Å². The third kappa shape index (κ3) is 4.93. The normalized spacial score (nSPS) is 17.8. The fourth-order valence-electron chi connectivity index (χ4n) is 3.57. The molecule has 2 amide bonds. The van der Waals surface area contributed by atoms with Crippen molar-refractivity contribution in [1.82, 2.24) is 4.90 Å². The number of nitrogens with zero attached hydrogens (tertiary/aromatic N) is 2. The molecule has 5 nitrogen and oxygen atoms in total. The molecule has 3 rings (SSSR count). The number of aryl methyl sites for hydroxylation is 3. The Hall–Kier alpha value is -2.60.